The van der Waals surface area contributed by atoms with Crippen molar-refractivity contribution in [2.45, 2.75) is 6.10 Å². The molecule has 6 nitrogen and oxygen atoms in total. The SMILES string of the molecule is CNc1ncccc1-c1noc(C(Oc2cccc(Cl)c2)c2ccc(Cl)cc2)n1. The highest BCUT2D eigenvalue weighted by Gasteiger charge is 2.25. The lowest BCUT2D eigenvalue weighted by Gasteiger charge is -2.16. The van der Waals surface area contributed by atoms with Crippen molar-refractivity contribution in [3.8, 4) is 17.1 Å². The molecule has 1 N–H and O–H groups in total. The summed E-state index contributed by atoms with van der Waals surface area (Å²) in [6.07, 6.45) is 1.05. The van der Waals surface area contributed by atoms with Crippen LogP contribution >= 0.6 is 23.2 Å². The molecule has 0 aliphatic rings. The largest absolute Gasteiger partial charge is 0.476 e. The highest BCUT2D eigenvalue weighted by molar-refractivity contribution is 6.30. The number of halogens is 2. The van der Waals surface area contributed by atoms with Crippen molar-refractivity contribution < 1.29 is 9.26 Å². The standard InChI is InChI=1S/C21H16Cl2N4O2/c1-24-19-17(6-3-11-25-19)20-26-21(29-27-20)18(13-7-9-14(22)10-8-13)28-16-5-2-4-15(23)12-16/h2-12,18H,1H3,(H,24,25). The molecule has 2 aromatic carbocycles. The number of anilines is 1. The first kappa shape index (κ1) is 19.2. The summed E-state index contributed by atoms with van der Waals surface area (Å²) in [5.74, 6) is 1.94. The zero-order chi connectivity index (χ0) is 20.2. The number of aromatic nitrogens is 3. The quantitative estimate of drug-likeness (QED) is 0.429. The maximum atomic E-state index is 6.16. The van der Waals surface area contributed by atoms with Crippen LogP contribution in [0, 0.1) is 0 Å². The Kier molecular flexibility index (Phi) is 5.64. The third-order valence-corrected chi connectivity index (χ3v) is 4.66. The zero-order valence-electron chi connectivity index (χ0n) is 15.3. The fourth-order valence-electron chi connectivity index (χ4n) is 2.81. The first-order chi connectivity index (χ1) is 14.1. The van der Waals surface area contributed by atoms with Crippen LogP contribution < -0.4 is 10.1 Å². The molecule has 1 unspecified atom stereocenters. The maximum Gasteiger partial charge on any atom is 0.272 e. The molecule has 29 heavy (non-hydrogen) atoms. The highest BCUT2D eigenvalue weighted by Crippen LogP contribution is 2.31. The van der Waals surface area contributed by atoms with Gasteiger partial charge in [-0.2, -0.15) is 4.98 Å². The lowest BCUT2D eigenvalue weighted by atomic mass is 10.1. The summed E-state index contributed by atoms with van der Waals surface area (Å²) in [7, 11) is 1.78. The molecule has 0 saturated carbocycles. The van der Waals surface area contributed by atoms with Gasteiger partial charge in [0.05, 0.1) is 5.56 Å². The topological polar surface area (TPSA) is 73.1 Å². The molecule has 1 atom stereocenters. The predicted octanol–water partition coefficient (Wildman–Crippen LogP) is 5.65. The minimum atomic E-state index is -0.637. The third-order valence-electron chi connectivity index (χ3n) is 4.17. The van der Waals surface area contributed by atoms with Crippen LogP contribution in [0.15, 0.2) is 71.4 Å². The molecule has 0 aliphatic carbocycles. The van der Waals surface area contributed by atoms with E-state index in [9.17, 15) is 0 Å². The van der Waals surface area contributed by atoms with E-state index in [-0.39, 0.29) is 0 Å². The molecule has 4 rings (SSSR count). The van der Waals surface area contributed by atoms with Gasteiger partial charge in [-0.05, 0) is 42.5 Å². The molecule has 8 heteroatoms. The Morgan fingerprint density at radius 3 is 2.59 bits per heavy atom. The van der Waals surface area contributed by atoms with E-state index >= 15 is 0 Å². The van der Waals surface area contributed by atoms with E-state index in [2.05, 4.69) is 20.4 Å². The van der Waals surface area contributed by atoms with Crippen LogP contribution in [0.5, 0.6) is 5.75 Å². The molecule has 4 aromatic rings. The number of nitrogens with zero attached hydrogens (tertiary/aromatic N) is 3. The molecule has 0 aliphatic heterocycles. The zero-order valence-corrected chi connectivity index (χ0v) is 16.9. The molecule has 0 amide bonds. The smallest absolute Gasteiger partial charge is 0.272 e. The lowest BCUT2D eigenvalue weighted by Crippen LogP contribution is -2.10. The Morgan fingerprint density at radius 2 is 1.83 bits per heavy atom. The van der Waals surface area contributed by atoms with Crippen molar-refractivity contribution in [2.24, 2.45) is 0 Å². The minimum absolute atomic E-state index is 0.299. The molecule has 0 radical (unpaired) electrons. The summed E-state index contributed by atoms with van der Waals surface area (Å²) < 4.78 is 11.7. The molecular weight excluding hydrogens is 411 g/mol. The van der Waals surface area contributed by atoms with E-state index in [0.717, 1.165) is 11.1 Å². The van der Waals surface area contributed by atoms with Crippen molar-refractivity contribution in [1.29, 1.82) is 0 Å². The van der Waals surface area contributed by atoms with Gasteiger partial charge in [0.25, 0.3) is 5.89 Å². The Hall–Kier alpha value is -3.09. The Balaban J connectivity index is 1.73. The number of ether oxygens (including phenoxy) is 1. The van der Waals surface area contributed by atoms with Gasteiger partial charge >= 0.3 is 0 Å². The molecule has 2 aromatic heterocycles. The van der Waals surface area contributed by atoms with Crippen molar-refractivity contribution >= 4 is 29.0 Å². The maximum absolute atomic E-state index is 6.16. The molecule has 0 fully saturated rings. The summed E-state index contributed by atoms with van der Waals surface area (Å²) in [5.41, 5.74) is 1.53. The fourth-order valence-corrected chi connectivity index (χ4v) is 3.12. The molecule has 2 heterocycles. The van der Waals surface area contributed by atoms with Crippen LogP contribution in [-0.4, -0.2) is 22.2 Å². The van der Waals surface area contributed by atoms with Gasteiger partial charge in [-0.25, -0.2) is 4.98 Å². The van der Waals surface area contributed by atoms with Crippen LogP contribution in [0.1, 0.15) is 17.6 Å². The number of hydrogen-bond donors (Lipinski definition) is 1. The number of rotatable bonds is 6. The van der Waals surface area contributed by atoms with Gasteiger partial charge in [-0.1, -0.05) is 46.6 Å². The van der Waals surface area contributed by atoms with Gasteiger partial charge in [0, 0.05) is 28.9 Å². The average molecular weight is 427 g/mol. The van der Waals surface area contributed by atoms with Gasteiger partial charge in [-0.15, -0.1) is 0 Å². The van der Waals surface area contributed by atoms with E-state index in [0.29, 0.717) is 33.3 Å². The second-order valence-corrected chi connectivity index (χ2v) is 6.99. The predicted molar refractivity (Wildman–Crippen MR) is 112 cm³/mol. The highest BCUT2D eigenvalue weighted by atomic mass is 35.5. The third kappa shape index (κ3) is 4.34. The summed E-state index contributed by atoms with van der Waals surface area (Å²) >= 11 is 12.1. The molecule has 0 saturated heterocycles. The summed E-state index contributed by atoms with van der Waals surface area (Å²) in [6.45, 7) is 0. The first-order valence-corrected chi connectivity index (χ1v) is 9.54. The lowest BCUT2D eigenvalue weighted by molar-refractivity contribution is 0.193. The van der Waals surface area contributed by atoms with E-state index in [4.69, 9.17) is 32.5 Å². The molecule has 0 spiro atoms. The Morgan fingerprint density at radius 1 is 1.00 bits per heavy atom. The Bertz CT molecular complexity index is 1120. The van der Waals surface area contributed by atoms with E-state index < -0.39 is 6.10 Å². The number of nitrogens with one attached hydrogen (secondary N) is 1. The molecule has 146 valence electrons. The van der Waals surface area contributed by atoms with Crippen molar-refractivity contribution in [1.82, 2.24) is 15.1 Å². The Labute approximate surface area is 177 Å². The van der Waals surface area contributed by atoms with E-state index in [1.807, 2.05) is 36.4 Å². The first-order valence-electron chi connectivity index (χ1n) is 8.78. The second-order valence-electron chi connectivity index (χ2n) is 6.11. The number of pyridine rings is 1. The average Bonchev–Trinajstić information content (AvgIpc) is 3.22. The van der Waals surface area contributed by atoms with Gasteiger partial charge < -0.3 is 14.6 Å². The van der Waals surface area contributed by atoms with Crippen LogP contribution in [0.3, 0.4) is 0 Å². The molecular formula is C21H16Cl2N4O2. The number of hydrogen-bond acceptors (Lipinski definition) is 6. The fraction of sp³-hybridized carbons (Fsp3) is 0.0952. The van der Waals surface area contributed by atoms with Crippen LogP contribution in [0.2, 0.25) is 10.0 Å². The van der Waals surface area contributed by atoms with Gasteiger partial charge in [-0.3, -0.25) is 0 Å². The van der Waals surface area contributed by atoms with E-state index in [1.54, 1.807) is 37.5 Å². The van der Waals surface area contributed by atoms with Crippen LogP contribution in [0.25, 0.3) is 11.4 Å². The summed E-state index contributed by atoms with van der Waals surface area (Å²) in [4.78, 5) is 8.84. The normalized spacial score (nSPS) is 11.8. The monoisotopic (exact) mass is 426 g/mol. The summed E-state index contributed by atoms with van der Waals surface area (Å²) in [6, 6.07) is 18.1. The minimum Gasteiger partial charge on any atom is -0.476 e. The second kappa shape index (κ2) is 8.51. The molecule has 0 bridgehead atoms. The van der Waals surface area contributed by atoms with Gasteiger partial charge in [0.1, 0.15) is 11.6 Å². The van der Waals surface area contributed by atoms with Crippen LogP contribution in [0.4, 0.5) is 5.82 Å². The van der Waals surface area contributed by atoms with Gasteiger partial charge in [0.2, 0.25) is 11.9 Å². The van der Waals surface area contributed by atoms with Crippen molar-refractivity contribution in [2.75, 3.05) is 12.4 Å². The van der Waals surface area contributed by atoms with Crippen molar-refractivity contribution in [3.63, 3.8) is 0 Å². The van der Waals surface area contributed by atoms with E-state index in [1.165, 1.54) is 0 Å². The van der Waals surface area contributed by atoms with Crippen molar-refractivity contribution in [3.05, 3.63) is 88.4 Å². The number of benzene rings is 2. The van der Waals surface area contributed by atoms with Gasteiger partial charge in [0.15, 0.2) is 0 Å². The van der Waals surface area contributed by atoms with Crippen LogP contribution in [-0.2, 0) is 0 Å². The summed E-state index contributed by atoms with van der Waals surface area (Å²) in [5, 5.41) is 8.33.